The molecule has 2 N–H and O–H groups in total. The van der Waals surface area contributed by atoms with Gasteiger partial charge in [0.15, 0.2) is 0 Å². The van der Waals surface area contributed by atoms with Crippen LogP contribution >= 0.6 is 0 Å². The first kappa shape index (κ1) is 17.9. The van der Waals surface area contributed by atoms with Gasteiger partial charge in [0.1, 0.15) is 17.5 Å². The Hall–Kier alpha value is -2.40. The number of aliphatic carboxylic acids is 1. The normalized spacial score (nSPS) is 12.2. The zero-order valence-electron chi connectivity index (χ0n) is 14.3. The second kappa shape index (κ2) is 8.45. The van der Waals surface area contributed by atoms with Gasteiger partial charge in [-0.2, -0.15) is 0 Å². The number of carboxylic acid groups (broad SMARTS) is 1. The maximum Gasteiger partial charge on any atom is 0.320 e. The lowest BCUT2D eigenvalue weighted by Crippen LogP contribution is -2.37. The van der Waals surface area contributed by atoms with Crippen molar-refractivity contribution in [1.29, 1.82) is 0 Å². The summed E-state index contributed by atoms with van der Waals surface area (Å²) in [5.41, 5.74) is 2.02. The molecule has 1 atom stereocenters. The number of aryl methyl sites for hydroxylation is 1. The van der Waals surface area contributed by atoms with E-state index in [9.17, 15) is 9.90 Å². The van der Waals surface area contributed by atoms with Crippen molar-refractivity contribution in [2.45, 2.75) is 39.8 Å². The van der Waals surface area contributed by atoms with Gasteiger partial charge in [0.25, 0.3) is 0 Å². The van der Waals surface area contributed by atoms with E-state index in [0.29, 0.717) is 24.6 Å². The van der Waals surface area contributed by atoms with Gasteiger partial charge in [-0.3, -0.25) is 9.78 Å². The molecule has 0 aliphatic heterocycles. The molecule has 0 radical (unpaired) electrons. The molecule has 0 saturated carbocycles. The van der Waals surface area contributed by atoms with Crippen LogP contribution in [0.5, 0.6) is 11.5 Å². The molecule has 0 aliphatic rings. The number of ether oxygens (including phenoxy) is 1. The summed E-state index contributed by atoms with van der Waals surface area (Å²) in [6.07, 6.45) is 3.97. The highest BCUT2D eigenvalue weighted by Crippen LogP contribution is 2.25. The second-order valence-electron chi connectivity index (χ2n) is 6.29. The van der Waals surface area contributed by atoms with Crippen LogP contribution in [-0.4, -0.2) is 22.1 Å². The predicted molar refractivity (Wildman–Crippen MR) is 93.2 cm³/mol. The van der Waals surface area contributed by atoms with Crippen LogP contribution in [0.1, 0.15) is 31.4 Å². The van der Waals surface area contributed by atoms with Crippen molar-refractivity contribution in [3.8, 4) is 11.5 Å². The van der Waals surface area contributed by atoms with Gasteiger partial charge in [0.05, 0.1) is 6.20 Å². The molecular formula is C19H24N2O3. The Morgan fingerprint density at radius 3 is 2.71 bits per heavy atom. The minimum Gasteiger partial charge on any atom is -0.480 e. The second-order valence-corrected chi connectivity index (χ2v) is 6.29. The maximum absolute atomic E-state index is 11.3. The fraction of sp³-hybridized carbons (Fsp3) is 0.368. The lowest BCUT2D eigenvalue weighted by Gasteiger charge is -2.17. The zero-order valence-corrected chi connectivity index (χ0v) is 14.3. The summed E-state index contributed by atoms with van der Waals surface area (Å²) >= 11 is 0. The fourth-order valence-electron chi connectivity index (χ4n) is 2.45. The van der Waals surface area contributed by atoms with Crippen LogP contribution in [0.2, 0.25) is 0 Å². The molecule has 24 heavy (non-hydrogen) atoms. The van der Waals surface area contributed by atoms with E-state index in [1.165, 1.54) is 0 Å². The molecule has 1 aromatic heterocycles. The summed E-state index contributed by atoms with van der Waals surface area (Å²) in [5, 5.41) is 12.4. The summed E-state index contributed by atoms with van der Waals surface area (Å²) in [5.74, 6) is 0.977. The van der Waals surface area contributed by atoms with Gasteiger partial charge in [-0.25, -0.2) is 0 Å². The minimum atomic E-state index is -0.808. The number of nitrogens with one attached hydrogen (secondary N) is 1. The number of hydrogen-bond acceptors (Lipinski definition) is 4. The lowest BCUT2D eigenvalue weighted by atomic mass is 10.0. The molecule has 0 amide bonds. The maximum atomic E-state index is 11.3. The van der Waals surface area contributed by atoms with Crippen LogP contribution in [0.3, 0.4) is 0 Å². The first-order valence-corrected chi connectivity index (χ1v) is 8.09. The Morgan fingerprint density at radius 2 is 2.12 bits per heavy atom. The first-order valence-electron chi connectivity index (χ1n) is 8.09. The van der Waals surface area contributed by atoms with E-state index < -0.39 is 12.0 Å². The van der Waals surface area contributed by atoms with Crippen LogP contribution in [0.25, 0.3) is 0 Å². The Labute approximate surface area is 142 Å². The monoisotopic (exact) mass is 328 g/mol. The van der Waals surface area contributed by atoms with Gasteiger partial charge in [-0.15, -0.1) is 0 Å². The molecule has 2 aromatic rings. The van der Waals surface area contributed by atoms with Crippen LogP contribution in [-0.2, 0) is 11.3 Å². The highest BCUT2D eigenvalue weighted by Gasteiger charge is 2.18. The number of benzene rings is 1. The SMILES string of the molecule is Cc1cc(CN[C@H](CC(C)C)C(=O)O)ccc1Oc1cccnc1. The molecule has 0 fully saturated rings. The number of carbonyl (C=O) groups is 1. The molecule has 1 heterocycles. The van der Waals surface area contributed by atoms with Crippen molar-refractivity contribution < 1.29 is 14.6 Å². The van der Waals surface area contributed by atoms with Crippen LogP contribution in [0.15, 0.2) is 42.7 Å². The molecule has 0 aliphatic carbocycles. The van der Waals surface area contributed by atoms with E-state index >= 15 is 0 Å². The number of aromatic nitrogens is 1. The summed E-state index contributed by atoms with van der Waals surface area (Å²) < 4.78 is 5.80. The number of nitrogens with zero attached hydrogens (tertiary/aromatic N) is 1. The van der Waals surface area contributed by atoms with Gasteiger partial charge in [-0.05, 0) is 48.6 Å². The summed E-state index contributed by atoms with van der Waals surface area (Å²) in [6.45, 7) is 6.52. The third kappa shape index (κ3) is 5.35. The van der Waals surface area contributed by atoms with Crippen molar-refractivity contribution in [2.24, 2.45) is 5.92 Å². The van der Waals surface area contributed by atoms with Crippen molar-refractivity contribution in [2.75, 3.05) is 0 Å². The quantitative estimate of drug-likeness (QED) is 0.772. The van der Waals surface area contributed by atoms with Gasteiger partial charge >= 0.3 is 5.97 Å². The van der Waals surface area contributed by atoms with E-state index in [0.717, 1.165) is 16.9 Å². The largest absolute Gasteiger partial charge is 0.480 e. The number of pyridine rings is 1. The summed E-state index contributed by atoms with van der Waals surface area (Å²) in [6, 6.07) is 9.00. The van der Waals surface area contributed by atoms with Gasteiger partial charge in [0.2, 0.25) is 0 Å². The first-order chi connectivity index (χ1) is 11.5. The fourth-order valence-corrected chi connectivity index (χ4v) is 2.45. The molecule has 0 unspecified atom stereocenters. The predicted octanol–water partition coefficient (Wildman–Crippen LogP) is 3.77. The Balaban J connectivity index is 2.00. The Kier molecular flexibility index (Phi) is 6.32. The molecule has 128 valence electrons. The van der Waals surface area contributed by atoms with E-state index in [1.54, 1.807) is 12.4 Å². The molecule has 2 rings (SSSR count). The van der Waals surface area contributed by atoms with Gasteiger partial charge in [-0.1, -0.05) is 26.0 Å². The molecule has 0 spiro atoms. The topological polar surface area (TPSA) is 71.5 Å². The molecule has 5 nitrogen and oxygen atoms in total. The summed E-state index contributed by atoms with van der Waals surface area (Å²) in [4.78, 5) is 15.3. The van der Waals surface area contributed by atoms with Crippen molar-refractivity contribution in [3.05, 3.63) is 53.9 Å². The number of hydrogen-bond donors (Lipinski definition) is 2. The smallest absolute Gasteiger partial charge is 0.320 e. The molecule has 1 aromatic carbocycles. The average molecular weight is 328 g/mol. The van der Waals surface area contributed by atoms with E-state index in [4.69, 9.17) is 4.74 Å². The van der Waals surface area contributed by atoms with Crippen molar-refractivity contribution in [3.63, 3.8) is 0 Å². The van der Waals surface area contributed by atoms with Crippen LogP contribution in [0, 0.1) is 12.8 Å². The van der Waals surface area contributed by atoms with E-state index in [2.05, 4.69) is 10.3 Å². The van der Waals surface area contributed by atoms with Gasteiger partial charge < -0.3 is 15.2 Å². The summed E-state index contributed by atoms with van der Waals surface area (Å²) in [7, 11) is 0. The van der Waals surface area contributed by atoms with E-state index in [1.807, 2.05) is 51.1 Å². The molecule has 0 bridgehead atoms. The lowest BCUT2D eigenvalue weighted by molar-refractivity contribution is -0.140. The Bertz CT molecular complexity index is 672. The third-order valence-electron chi connectivity index (χ3n) is 3.66. The average Bonchev–Trinajstić information content (AvgIpc) is 2.54. The zero-order chi connectivity index (χ0) is 17.5. The van der Waals surface area contributed by atoms with Crippen molar-refractivity contribution >= 4 is 5.97 Å². The van der Waals surface area contributed by atoms with Gasteiger partial charge in [0, 0.05) is 12.7 Å². The highest BCUT2D eigenvalue weighted by atomic mass is 16.5. The molecular weight excluding hydrogens is 304 g/mol. The van der Waals surface area contributed by atoms with Crippen LogP contribution in [0.4, 0.5) is 0 Å². The van der Waals surface area contributed by atoms with Crippen LogP contribution < -0.4 is 10.1 Å². The third-order valence-corrected chi connectivity index (χ3v) is 3.66. The minimum absolute atomic E-state index is 0.329. The van der Waals surface area contributed by atoms with E-state index in [-0.39, 0.29) is 0 Å². The molecule has 5 heteroatoms. The molecule has 0 saturated heterocycles. The number of rotatable bonds is 8. The van der Waals surface area contributed by atoms with Crippen molar-refractivity contribution in [1.82, 2.24) is 10.3 Å². The number of carboxylic acids is 1. The highest BCUT2D eigenvalue weighted by molar-refractivity contribution is 5.73. The Morgan fingerprint density at radius 1 is 1.33 bits per heavy atom. The standard InChI is InChI=1S/C19H24N2O3/c1-13(2)9-17(19(22)23)21-11-15-6-7-18(14(3)10-15)24-16-5-4-8-20-12-16/h4-8,10,12-13,17,21H,9,11H2,1-3H3,(H,22,23)/t17-/m1/s1.